The molecule has 0 bridgehead atoms. The van der Waals surface area contributed by atoms with Gasteiger partial charge in [-0.25, -0.2) is 4.79 Å². The van der Waals surface area contributed by atoms with Crippen molar-refractivity contribution in [1.29, 1.82) is 0 Å². The van der Waals surface area contributed by atoms with Crippen molar-refractivity contribution >= 4 is 6.09 Å². The maximum atomic E-state index is 12.2. The summed E-state index contributed by atoms with van der Waals surface area (Å²) in [7, 11) is 0. The van der Waals surface area contributed by atoms with Crippen molar-refractivity contribution in [3.05, 3.63) is 34.7 Å². The van der Waals surface area contributed by atoms with E-state index < -0.39 is 5.60 Å². The van der Waals surface area contributed by atoms with Crippen LogP contribution in [0.5, 0.6) is 0 Å². The third-order valence-corrected chi connectivity index (χ3v) is 4.85. The van der Waals surface area contributed by atoms with Gasteiger partial charge in [-0.15, -0.1) is 0 Å². The maximum absolute atomic E-state index is 12.2. The minimum atomic E-state index is -0.479. The highest BCUT2D eigenvalue weighted by Crippen LogP contribution is 2.19. The number of alkyl carbamates (subject to hydrolysis) is 1. The quantitative estimate of drug-likeness (QED) is 0.564. The summed E-state index contributed by atoms with van der Waals surface area (Å²) < 4.78 is 7.17. The van der Waals surface area contributed by atoms with Crippen LogP contribution in [-0.4, -0.2) is 34.9 Å². The van der Waals surface area contributed by atoms with Crippen LogP contribution in [0.25, 0.3) is 0 Å². The zero-order chi connectivity index (χ0) is 19.7. The van der Waals surface area contributed by atoms with Crippen molar-refractivity contribution < 1.29 is 9.53 Å². The first-order chi connectivity index (χ1) is 12.8. The Labute approximate surface area is 162 Å². The second-order valence-electron chi connectivity index (χ2n) is 8.39. The van der Waals surface area contributed by atoms with Crippen molar-refractivity contribution in [2.75, 3.05) is 6.54 Å². The van der Waals surface area contributed by atoms with E-state index >= 15 is 0 Å². The van der Waals surface area contributed by atoms with E-state index in [1.165, 1.54) is 12.8 Å². The molecule has 1 aliphatic carbocycles. The van der Waals surface area contributed by atoms with Gasteiger partial charge in [0.2, 0.25) is 5.56 Å². The molecular weight excluding hydrogens is 342 g/mol. The molecule has 2 atom stereocenters. The molecule has 0 spiro atoms. The van der Waals surface area contributed by atoms with E-state index in [2.05, 4.69) is 10.6 Å². The van der Waals surface area contributed by atoms with Gasteiger partial charge in [0.25, 0.3) is 0 Å². The Morgan fingerprint density at radius 1 is 1.15 bits per heavy atom. The van der Waals surface area contributed by atoms with Crippen molar-refractivity contribution in [2.45, 2.75) is 89.9 Å². The number of unbranched alkanes of at least 4 members (excludes halogenated alkanes) is 1. The van der Waals surface area contributed by atoms with Crippen molar-refractivity contribution in [3.63, 3.8) is 0 Å². The molecule has 152 valence electrons. The van der Waals surface area contributed by atoms with Gasteiger partial charge in [0, 0.05) is 30.9 Å². The molecule has 27 heavy (non-hydrogen) atoms. The molecule has 0 aromatic carbocycles. The monoisotopic (exact) mass is 377 g/mol. The molecule has 0 aliphatic heterocycles. The lowest BCUT2D eigenvalue weighted by Crippen LogP contribution is -2.50. The maximum Gasteiger partial charge on any atom is 0.407 e. The fourth-order valence-electron chi connectivity index (χ4n) is 3.52. The van der Waals surface area contributed by atoms with E-state index in [9.17, 15) is 9.59 Å². The largest absolute Gasteiger partial charge is 0.444 e. The minimum absolute atomic E-state index is 0.0517. The summed E-state index contributed by atoms with van der Waals surface area (Å²) in [5.41, 5.74) is -0.427. The molecule has 1 saturated carbocycles. The first-order valence-electron chi connectivity index (χ1n) is 10.2. The van der Waals surface area contributed by atoms with Crippen molar-refractivity contribution in [3.8, 4) is 0 Å². The van der Waals surface area contributed by atoms with Crippen LogP contribution in [0, 0.1) is 0 Å². The standard InChI is InChI=1S/C21H35N3O3/c1-21(2,3)27-20(26)23-18-12-6-4-5-11-17(18)22-14-8-10-16-24-15-9-7-13-19(24)25/h7,9,13,15,17-18,22H,4-6,8,10-12,14,16H2,1-3H3,(H,23,26)/t17-,18+/m0/s1. The van der Waals surface area contributed by atoms with Crippen LogP contribution in [0.2, 0.25) is 0 Å². The Hall–Kier alpha value is -1.82. The minimum Gasteiger partial charge on any atom is -0.444 e. The smallest absolute Gasteiger partial charge is 0.407 e. The van der Waals surface area contributed by atoms with E-state index in [-0.39, 0.29) is 23.7 Å². The molecular formula is C21H35N3O3. The summed E-state index contributed by atoms with van der Waals surface area (Å²) in [5, 5.41) is 6.69. The fraction of sp³-hybridized carbons (Fsp3) is 0.714. The molecule has 0 radical (unpaired) electrons. The number of carbonyl (C=O) groups is 1. The Morgan fingerprint density at radius 3 is 2.59 bits per heavy atom. The number of hydrogen-bond acceptors (Lipinski definition) is 4. The number of nitrogens with one attached hydrogen (secondary N) is 2. The molecule has 0 unspecified atom stereocenters. The van der Waals surface area contributed by atoms with Crippen LogP contribution in [0.4, 0.5) is 4.79 Å². The highest BCUT2D eigenvalue weighted by molar-refractivity contribution is 5.68. The highest BCUT2D eigenvalue weighted by Gasteiger charge is 2.26. The zero-order valence-corrected chi connectivity index (χ0v) is 17.0. The molecule has 1 heterocycles. The first kappa shape index (κ1) is 21.5. The average Bonchev–Trinajstić information content (AvgIpc) is 2.80. The molecule has 1 aliphatic rings. The van der Waals surface area contributed by atoms with E-state index in [0.29, 0.717) is 0 Å². The second kappa shape index (κ2) is 10.5. The summed E-state index contributed by atoms with van der Waals surface area (Å²) in [4.78, 5) is 23.9. The number of amides is 1. The number of rotatable bonds is 7. The van der Waals surface area contributed by atoms with Gasteiger partial charge in [-0.1, -0.05) is 25.3 Å². The normalized spacial score (nSPS) is 20.7. The van der Waals surface area contributed by atoms with Gasteiger partial charge in [0.05, 0.1) is 0 Å². The average molecular weight is 378 g/mol. The Bertz CT molecular complexity index is 636. The third kappa shape index (κ3) is 8.16. The molecule has 0 saturated heterocycles. The van der Waals surface area contributed by atoms with Gasteiger partial charge in [0.15, 0.2) is 0 Å². The second-order valence-corrected chi connectivity index (χ2v) is 8.39. The number of hydrogen-bond donors (Lipinski definition) is 2. The number of aryl methyl sites for hydroxylation is 1. The predicted molar refractivity (Wildman–Crippen MR) is 108 cm³/mol. The van der Waals surface area contributed by atoms with Gasteiger partial charge in [-0.05, 0) is 59.1 Å². The molecule has 1 aromatic heterocycles. The van der Waals surface area contributed by atoms with E-state index in [1.54, 1.807) is 16.7 Å². The number of pyridine rings is 1. The van der Waals surface area contributed by atoms with Gasteiger partial charge < -0.3 is 19.9 Å². The third-order valence-electron chi connectivity index (χ3n) is 4.85. The molecule has 6 nitrogen and oxygen atoms in total. The van der Waals surface area contributed by atoms with Crippen LogP contribution in [0.15, 0.2) is 29.2 Å². The zero-order valence-electron chi connectivity index (χ0n) is 17.0. The van der Waals surface area contributed by atoms with Crippen LogP contribution in [-0.2, 0) is 11.3 Å². The van der Waals surface area contributed by atoms with Crippen molar-refractivity contribution in [1.82, 2.24) is 15.2 Å². The lowest BCUT2D eigenvalue weighted by Gasteiger charge is -2.29. The number of aromatic nitrogens is 1. The highest BCUT2D eigenvalue weighted by atomic mass is 16.6. The van der Waals surface area contributed by atoms with Gasteiger partial charge in [-0.3, -0.25) is 4.79 Å². The topological polar surface area (TPSA) is 72.4 Å². The van der Waals surface area contributed by atoms with E-state index in [0.717, 1.165) is 45.2 Å². The summed E-state index contributed by atoms with van der Waals surface area (Å²) in [6.07, 6.45) is 9.03. The summed E-state index contributed by atoms with van der Waals surface area (Å²) in [6.45, 7) is 7.28. The molecule has 2 N–H and O–H groups in total. The van der Waals surface area contributed by atoms with E-state index in [1.807, 2.05) is 33.0 Å². The molecule has 1 fully saturated rings. The Balaban J connectivity index is 1.76. The van der Waals surface area contributed by atoms with Crippen molar-refractivity contribution in [2.24, 2.45) is 0 Å². The van der Waals surface area contributed by atoms with E-state index in [4.69, 9.17) is 4.74 Å². The molecule has 6 heteroatoms. The molecule has 2 rings (SSSR count). The Morgan fingerprint density at radius 2 is 1.89 bits per heavy atom. The van der Waals surface area contributed by atoms with Crippen LogP contribution < -0.4 is 16.2 Å². The fourth-order valence-corrected chi connectivity index (χ4v) is 3.52. The SMILES string of the molecule is CC(C)(C)OC(=O)N[C@@H]1CCCCC[C@@H]1NCCCCn1ccccc1=O. The number of carbonyl (C=O) groups excluding carboxylic acids is 1. The number of ether oxygens (including phenoxy) is 1. The summed E-state index contributed by atoms with van der Waals surface area (Å²) >= 11 is 0. The van der Waals surface area contributed by atoms with Gasteiger partial charge in [0.1, 0.15) is 5.60 Å². The lowest BCUT2D eigenvalue weighted by molar-refractivity contribution is 0.0489. The summed E-state index contributed by atoms with van der Waals surface area (Å²) in [5.74, 6) is 0. The summed E-state index contributed by atoms with van der Waals surface area (Å²) in [6, 6.07) is 5.64. The van der Waals surface area contributed by atoms with Gasteiger partial charge >= 0.3 is 6.09 Å². The first-order valence-corrected chi connectivity index (χ1v) is 10.2. The van der Waals surface area contributed by atoms with Gasteiger partial charge in [-0.2, -0.15) is 0 Å². The Kier molecular flexibility index (Phi) is 8.35. The molecule has 1 aromatic rings. The lowest BCUT2D eigenvalue weighted by atomic mass is 10.0. The molecule has 1 amide bonds. The van der Waals surface area contributed by atoms with Crippen LogP contribution >= 0.6 is 0 Å². The predicted octanol–water partition coefficient (Wildman–Crippen LogP) is 3.44. The van der Waals surface area contributed by atoms with Crippen LogP contribution in [0.1, 0.15) is 65.7 Å². The number of nitrogens with zero attached hydrogens (tertiary/aromatic N) is 1. The van der Waals surface area contributed by atoms with Crippen LogP contribution in [0.3, 0.4) is 0 Å².